The second kappa shape index (κ2) is 5.15. The van der Waals surface area contributed by atoms with E-state index in [9.17, 15) is 0 Å². The molecule has 0 amide bonds. The molecule has 0 radical (unpaired) electrons. The van der Waals surface area contributed by atoms with Crippen LogP contribution in [-0.4, -0.2) is 43.1 Å². The maximum absolute atomic E-state index is 8.72. The molecule has 1 atom stereocenters. The molecular weight excluding hydrogens is 212 g/mol. The minimum Gasteiger partial charge on any atom is -0.358 e. The van der Waals surface area contributed by atoms with Crippen LogP contribution in [0.4, 0.5) is 5.82 Å². The average molecular weight is 230 g/mol. The van der Waals surface area contributed by atoms with Crippen LogP contribution < -0.4 is 4.90 Å². The molecule has 0 N–H and O–H groups in total. The first-order valence-corrected chi connectivity index (χ1v) is 5.98. The smallest absolute Gasteiger partial charge is 0.128 e. The summed E-state index contributed by atoms with van der Waals surface area (Å²) in [6.07, 6.45) is 4.18. The van der Waals surface area contributed by atoms with Gasteiger partial charge < -0.3 is 9.80 Å². The van der Waals surface area contributed by atoms with Gasteiger partial charge in [0.1, 0.15) is 11.9 Å². The summed E-state index contributed by atoms with van der Waals surface area (Å²) < 4.78 is 0. The summed E-state index contributed by atoms with van der Waals surface area (Å²) in [5.41, 5.74) is 0.611. The van der Waals surface area contributed by atoms with Crippen molar-refractivity contribution in [2.45, 2.75) is 18.9 Å². The lowest BCUT2D eigenvalue weighted by Crippen LogP contribution is -2.36. The molecule has 4 nitrogen and oxygen atoms in total. The number of hydrogen-bond donors (Lipinski definition) is 0. The Morgan fingerprint density at radius 3 is 2.94 bits per heavy atom. The number of likely N-dealkylation sites (N-methyl/N-ethyl adjacent to an activating group) is 2. The van der Waals surface area contributed by atoms with Crippen LogP contribution in [0.3, 0.4) is 0 Å². The molecule has 2 heterocycles. The highest BCUT2D eigenvalue weighted by molar-refractivity contribution is 5.41. The molecule has 1 unspecified atom stereocenters. The van der Waals surface area contributed by atoms with Gasteiger partial charge in [0.15, 0.2) is 0 Å². The van der Waals surface area contributed by atoms with E-state index in [0.29, 0.717) is 11.6 Å². The van der Waals surface area contributed by atoms with Gasteiger partial charge in [-0.15, -0.1) is 0 Å². The van der Waals surface area contributed by atoms with Crippen molar-refractivity contribution in [1.29, 1.82) is 5.26 Å². The highest BCUT2D eigenvalue weighted by atomic mass is 15.2. The summed E-state index contributed by atoms with van der Waals surface area (Å²) in [5.74, 6) is 0.935. The molecule has 1 aliphatic heterocycles. The third kappa shape index (κ3) is 2.75. The van der Waals surface area contributed by atoms with E-state index in [2.05, 4.69) is 34.9 Å². The van der Waals surface area contributed by atoms with E-state index in [1.165, 1.54) is 19.4 Å². The van der Waals surface area contributed by atoms with Gasteiger partial charge in [0.25, 0.3) is 0 Å². The first-order chi connectivity index (χ1) is 8.20. The first kappa shape index (κ1) is 11.9. The van der Waals surface area contributed by atoms with Crippen molar-refractivity contribution in [3.63, 3.8) is 0 Å². The Hall–Kier alpha value is -1.60. The molecule has 0 bridgehead atoms. The van der Waals surface area contributed by atoms with Crippen molar-refractivity contribution in [2.24, 2.45) is 0 Å². The number of aromatic nitrogens is 1. The van der Waals surface area contributed by atoms with Crippen LogP contribution in [0.1, 0.15) is 18.4 Å². The maximum Gasteiger partial charge on any atom is 0.128 e. The second-order valence-electron chi connectivity index (χ2n) is 4.67. The molecule has 1 aromatic heterocycles. The van der Waals surface area contributed by atoms with Crippen LogP contribution >= 0.6 is 0 Å². The summed E-state index contributed by atoms with van der Waals surface area (Å²) in [6, 6.07) is 6.43. The van der Waals surface area contributed by atoms with Crippen molar-refractivity contribution >= 4 is 5.82 Å². The fraction of sp³-hybridized carbons (Fsp3) is 0.538. The zero-order valence-corrected chi connectivity index (χ0v) is 10.4. The Kier molecular flexibility index (Phi) is 3.60. The average Bonchev–Trinajstić information content (AvgIpc) is 2.75. The Morgan fingerprint density at radius 2 is 2.41 bits per heavy atom. The van der Waals surface area contributed by atoms with Crippen LogP contribution in [0.15, 0.2) is 18.3 Å². The van der Waals surface area contributed by atoms with E-state index in [1.54, 1.807) is 6.20 Å². The van der Waals surface area contributed by atoms with Crippen LogP contribution in [0.25, 0.3) is 0 Å². The van der Waals surface area contributed by atoms with E-state index in [4.69, 9.17) is 5.26 Å². The standard InChI is InChI=1S/C13H18N4/c1-16-7-3-4-12(16)10-17(2)13-6-5-11(8-14)9-15-13/h5-6,9,12H,3-4,7,10H2,1-2H3. The van der Waals surface area contributed by atoms with E-state index in [-0.39, 0.29) is 0 Å². The van der Waals surface area contributed by atoms with Gasteiger partial charge in [0.2, 0.25) is 0 Å². The van der Waals surface area contributed by atoms with Crippen LogP contribution in [0.2, 0.25) is 0 Å². The lowest BCUT2D eigenvalue weighted by Gasteiger charge is -2.26. The predicted molar refractivity (Wildman–Crippen MR) is 67.9 cm³/mol. The monoisotopic (exact) mass is 230 g/mol. The van der Waals surface area contributed by atoms with Gasteiger partial charge in [-0.05, 0) is 38.6 Å². The van der Waals surface area contributed by atoms with Crippen molar-refractivity contribution in [3.05, 3.63) is 23.9 Å². The molecule has 1 aliphatic rings. The van der Waals surface area contributed by atoms with Crippen LogP contribution in [0.5, 0.6) is 0 Å². The van der Waals surface area contributed by atoms with Gasteiger partial charge in [0.05, 0.1) is 5.56 Å². The SMILES string of the molecule is CN(CC1CCCN1C)c1ccc(C#N)cn1. The Balaban J connectivity index is 1.99. The van der Waals surface area contributed by atoms with Gasteiger partial charge in [-0.3, -0.25) is 0 Å². The van der Waals surface area contributed by atoms with E-state index in [0.717, 1.165) is 12.4 Å². The zero-order chi connectivity index (χ0) is 12.3. The molecule has 90 valence electrons. The molecule has 2 rings (SSSR count). The third-order valence-corrected chi connectivity index (χ3v) is 3.42. The second-order valence-corrected chi connectivity index (χ2v) is 4.67. The number of anilines is 1. The zero-order valence-electron chi connectivity index (χ0n) is 10.4. The largest absolute Gasteiger partial charge is 0.358 e. The van der Waals surface area contributed by atoms with Crippen molar-refractivity contribution in [2.75, 3.05) is 32.1 Å². The summed E-state index contributed by atoms with van der Waals surface area (Å²) >= 11 is 0. The predicted octanol–water partition coefficient (Wildman–Crippen LogP) is 1.48. The van der Waals surface area contributed by atoms with E-state index in [1.807, 2.05) is 12.1 Å². The molecule has 17 heavy (non-hydrogen) atoms. The number of nitriles is 1. The van der Waals surface area contributed by atoms with E-state index >= 15 is 0 Å². The topological polar surface area (TPSA) is 43.2 Å². The quantitative estimate of drug-likeness (QED) is 0.789. The molecular formula is C13H18N4. The molecule has 0 spiro atoms. The van der Waals surface area contributed by atoms with Gasteiger partial charge >= 0.3 is 0 Å². The van der Waals surface area contributed by atoms with Gasteiger partial charge in [-0.1, -0.05) is 0 Å². The van der Waals surface area contributed by atoms with Crippen LogP contribution in [-0.2, 0) is 0 Å². The van der Waals surface area contributed by atoms with Gasteiger partial charge in [-0.25, -0.2) is 4.98 Å². The molecule has 0 aromatic carbocycles. The molecule has 0 aliphatic carbocycles. The summed E-state index contributed by atoms with van der Waals surface area (Å²) in [4.78, 5) is 8.86. The summed E-state index contributed by atoms with van der Waals surface area (Å²) in [7, 11) is 4.23. The van der Waals surface area contributed by atoms with Gasteiger partial charge in [-0.2, -0.15) is 5.26 Å². The highest BCUT2D eigenvalue weighted by Crippen LogP contribution is 2.18. The lowest BCUT2D eigenvalue weighted by molar-refractivity contribution is 0.314. The highest BCUT2D eigenvalue weighted by Gasteiger charge is 2.22. The van der Waals surface area contributed by atoms with E-state index < -0.39 is 0 Å². The molecule has 1 fully saturated rings. The minimum atomic E-state index is 0.611. The Bertz CT molecular complexity index is 406. The normalized spacial score (nSPS) is 20.2. The maximum atomic E-state index is 8.72. The van der Waals surface area contributed by atoms with Crippen molar-refractivity contribution < 1.29 is 0 Å². The van der Waals surface area contributed by atoms with Gasteiger partial charge in [0, 0.05) is 25.8 Å². The third-order valence-electron chi connectivity index (χ3n) is 3.42. The summed E-state index contributed by atoms with van der Waals surface area (Å²) in [5, 5.41) is 8.72. The van der Waals surface area contributed by atoms with Crippen molar-refractivity contribution in [3.8, 4) is 6.07 Å². The van der Waals surface area contributed by atoms with Crippen molar-refractivity contribution in [1.82, 2.24) is 9.88 Å². The summed E-state index contributed by atoms with van der Waals surface area (Å²) in [6.45, 7) is 2.19. The fourth-order valence-electron chi connectivity index (χ4n) is 2.30. The first-order valence-electron chi connectivity index (χ1n) is 5.98. The lowest BCUT2D eigenvalue weighted by atomic mass is 10.2. The molecule has 4 heteroatoms. The molecule has 1 saturated heterocycles. The Labute approximate surface area is 102 Å². The van der Waals surface area contributed by atoms with Crippen LogP contribution in [0, 0.1) is 11.3 Å². The number of pyridine rings is 1. The fourth-order valence-corrected chi connectivity index (χ4v) is 2.30. The number of hydrogen-bond acceptors (Lipinski definition) is 4. The number of likely N-dealkylation sites (tertiary alicyclic amines) is 1. The number of nitrogens with zero attached hydrogens (tertiary/aromatic N) is 4. The minimum absolute atomic E-state index is 0.611. The number of rotatable bonds is 3. The Morgan fingerprint density at radius 1 is 1.59 bits per heavy atom. The molecule has 0 saturated carbocycles. The molecule has 1 aromatic rings.